The van der Waals surface area contributed by atoms with E-state index in [2.05, 4.69) is 36.5 Å². The Bertz CT molecular complexity index is 472. The molecule has 0 aliphatic heterocycles. The first-order chi connectivity index (χ1) is 9.36. The van der Waals surface area contributed by atoms with Crippen LogP contribution in [0.2, 0.25) is 0 Å². The van der Waals surface area contributed by atoms with Gasteiger partial charge in [-0.05, 0) is 52.0 Å². The van der Waals surface area contributed by atoms with Crippen LogP contribution in [-0.4, -0.2) is 27.3 Å². The van der Waals surface area contributed by atoms with Crippen molar-refractivity contribution in [2.75, 3.05) is 12.3 Å². The first-order valence-corrected chi connectivity index (χ1v) is 8.86. The average Bonchev–Trinajstić information content (AvgIpc) is 2.30. The van der Waals surface area contributed by atoms with E-state index in [-0.39, 0.29) is 4.75 Å². The van der Waals surface area contributed by atoms with Gasteiger partial charge in [0.25, 0.3) is 0 Å². The minimum atomic E-state index is -0.742. The largest absolute Gasteiger partial charge is 0.313 e. The van der Waals surface area contributed by atoms with Crippen LogP contribution in [0.15, 0.2) is 24.3 Å². The summed E-state index contributed by atoms with van der Waals surface area (Å²) in [6.45, 7) is 9.15. The van der Waals surface area contributed by atoms with E-state index >= 15 is 0 Å². The molecule has 2 nitrogen and oxygen atoms in total. The van der Waals surface area contributed by atoms with Crippen LogP contribution in [0.5, 0.6) is 0 Å². The lowest BCUT2D eigenvalue weighted by Crippen LogP contribution is -2.42. The fourth-order valence-electron chi connectivity index (χ4n) is 2.64. The zero-order chi connectivity index (χ0) is 14.8. The Morgan fingerprint density at radius 2 is 2.00 bits per heavy atom. The van der Waals surface area contributed by atoms with E-state index in [4.69, 9.17) is 0 Å². The molecule has 1 N–H and O–H groups in total. The van der Waals surface area contributed by atoms with Crippen molar-refractivity contribution in [2.24, 2.45) is 0 Å². The molecule has 1 fully saturated rings. The molecule has 0 spiro atoms. The van der Waals surface area contributed by atoms with Gasteiger partial charge < -0.3 is 5.32 Å². The lowest BCUT2D eigenvalue weighted by molar-refractivity contribution is 0.296. The highest BCUT2D eigenvalue weighted by atomic mass is 32.2. The van der Waals surface area contributed by atoms with E-state index in [1.165, 1.54) is 24.0 Å². The van der Waals surface area contributed by atoms with Crippen molar-refractivity contribution in [1.82, 2.24) is 5.32 Å². The maximum absolute atomic E-state index is 11.9. The quantitative estimate of drug-likeness (QED) is 0.902. The monoisotopic (exact) mass is 293 g/mol. The van der Waals surface area contributed by atoms with Crippen LogP contribution in [0.3, 0.4) is 0 Å². The van der Waals surface area contributed by atoms with Gasteiger partial charge in [0.05, 0.1) is 0 Å². The smallest absolute Gasteiger partial charge is 0.0375 e. The molecule has 3 heteroatoms. The lowest BCUT2D eigenvalue weighted by atomic mass is 9.75. The molecule has 112 valence electrons. The van der Waals surface area contributed by atoms with Crippen LogP contribution >= 0.6 is 0 Å². The van der Waals surface area contributed by atoms with Crippen molar-refractivity contribution in [3.63, 3.8) is 0 Å². The molecular formula is C17H27NOS. The number of benzene rings is 1. The molecule has 2 rings (SSSR count). The average molecular weight is 293 g/mol. The third-order valence-electron chi connectivity index (χ3n) is 4.06. The summed E-state index contributed by atoms with van der Waals surface area (Å²) < 4.78 is 11.9. The normalized spacial score (nSPS) is 24.2. The molecule has 0 bridgehead atoms. The van der Waals surface area contributed by atoms with E-state index in [1.807, 2.05) is 20.8 Å². The number of hydrogen-bond donors (Lipinski definition) is 1. The first-order valence-electron chi connectivity index (χ1n) is 7.54. The van der Waals surface area contributed by atoms with Crippen molar-refractivity contribution < 1.29 is 4.21 Å². The standard InChI is InChI=1S/C17H27NOS/c1-13-6-5-7-14(10-13)15-11-16(12-15)18-8-9-20(19)17(2,3)4/h5-7,10,15-16,18H,8-9,11-12H2,1-4H3/t15?,16?,20-/m1/s1. The molecule has 1 aromatic rings. The summed E-state index contributed by atoms with van der Waals surface area (Å²) in [7, 11) is -0.742. The van der Waals surface area contributed by atoms with Crippen molar-refractivity contribution in [3.8, 4) is 0 Å². The highest BCUT2D eigenvalue weighted by Gasteiger charge is 2.30. The van der Waals surface area contributed by atoms with Crippen LogP contribution in [-0.2, 0) is 10.8 Å². The second-order valence-corrected chi connectivity index (χ2v) is 9.22. The highest BCUT2D eigenvalue weighted by molar-refractivity contribution is 7.86. The highest BCUT2D eigenvalue weighted by Crippen LogP contribution is 2.36. The summed E-state index contributed by atoms with van der Waals surface area (Å²) in [5, 5.41) is 3.54. The van der Waals surface area contributed by atoms with Crippen LogP contribution < -0.4 is 5.32 Å². The molecule has 0 unspecified atom stereocenters. The molecule has 0 radical (unpaired) electrons. The van der Waals surface area contributed by atoms with Crippen LogP contribution in [0.1, 0.15) is 50.7 Å². The minimum absolute atomic E-state index is 0.0919. The summed E-state index contributed by atoms with van der Waals surface area (Å²) in [6, 6.07) is 9.45. The Hall–Kier alpha value is -0.670. The Morgan fingerprint density at radius 3 is 2.60 bits per heavy atom. The van der Waals surface area contributed by atoms with E-state index in [0.29, 0.717) is 12.0 Å². The third kappa shape index (κ3) is 4.16. The number of hydrogen-bond acceptors (Lipinski definition) is 2. The van der Waals surface area contributed by atoms with Crippen molar-refractivity contribution in [2.45, 2.75) is 57.2 Å². The van der Waals surface area contributed by atoms with Crippen LogP contribution in [0, 0.1) is 6.92 Å². The fourth-order valence-corrected chi connectivity index (χ4v) is 3.56. The molecule has 1 aliphatic carbocycles. The van der Waals surface area contributed by atoms with E-state index in [1.54, 1.807) is 0 Å². The van der Waals surface area contributed by atoms with Gasteiger partial charge in [-0.15, -0.1) is 0 Å². The van der Waals surface area contributed by atoms with Gasteiger partial charge in [-0.2, -0.15) is 0 Å². The Labute approximate surface area is 125 Å². The van der Waals surface area contributed by atoms with Gasteiger partial charge in [0, 0.05) is 33.9 Å². The Balaban J connectivity index is 1.69. The molecule has 0 aromatic heterocycles. The van der Waals surface area contributed by atoms with E-state index < -0.39 is 10.8 Å². The maximum Gasteiger partial charge on any atom is 0.0375 e. The molecule has 0 saturated heterocycles. The second kappa shape index (κ2) is 6.40. The number of rotatable bonds is 5. The second-order valence-electron chi connectivity index (χ2n) is 6.90. The van der Waals surface area contributed by atoms with Crippen molar-refractivity contribution in [1.29, 1.82) is 0 Å². The number of aryl methyl sites for hydroxylation is 1. The summed E-state index contributed by atoms with van der Waals surface area (Å²) in [5.41, 5.74) is 2.82. The SMILES string of the molecule is Cc1cccc(C2CC(NCC[S@@](=O)C(C)(C)C)C2)c1. The minimum Gasteiger partial charge on any atom is -0.313 e. The summed E-state index contributed by atoms with van der Waals surface area (Å²) in [6.07, 6.45) is 2.43. The molecule has 0 heterocycles. The van der Waals surface area contributed by atoms with Gasteiger partial charge >= 0.3 is 0 Å². The van der Waals surface area contributed by atoms with Crippen LogP contribution in [0.25, 0.3) is 0 Å². The molecule has 1 aliphatic rings. The van der Waals surface area contributed by atoms with Gasteiger partial charge in [-0.25, -0.2) is 0 Å². The Morgan fingerprint density at radius 1 is 1.30 bits per heavy atom. The lowest BCUT2D eigenvalue weighted by Gasteiger charge is -2.36. The van der Waals surface area contributed by atoms with Gasteiger partial charge in [-0.3, -0.25) is 4.21 Å². The van der Waals surface area contributed by atoms with Crippen molar-refractivity contribution in [3.05, 3.63) is 35.4 Å². The zero-order valence-corrected chi connectivity index (χ0v) is 13.9. The fraction of sp³-hybridized carbons (Fsp3) is 0.647. The summed E-state index contributed by atoms with van der Waals surface area (Å²) >= 11 is 0. The first kappa shape index (κ1) is 15.7. The third-order valence-corrected chi connectivity index (χ3v) is 6.00. The van der Waals surface area contributed by atoms with Gasteiger partial charge in [0.2, 0.25) is 0 Å². The summed E-state index contributed by atoms with van der Waals surface area (Å²) in [4.78, 5) is 0. The van der Waals surface area contributed by atoms with Gasteiger partial charge in [0.1, 0.15) is 0 Å². The predicted octanol–water partition coefficient (Wildman–Crippen LogP) is 3.38. The maximum atomic E-state index is 11.9. The van der Waals surface area contributed by atoms with Crippen LogP contribution in [0.4, 0.5) is 0 Å². The molecule has 0 amide bonds. The molecule has 20 heavy (non-hydrogen) atoms. The summed E-state index contributed by atoms with van der Waals surface area (Å²) in [5.74, 6) is 1.47. The van der Waals surface area contributed by atoms with Gasteiger partial charge in [-0.1, -0.05) is 29.8 Å². The molecule has 1 atom stereocenters. The zero-order valence-electron chi connectivity index (χ0n) is 13.1. The van der Waals surface area contributed by atoms with E-state index in [0.717, 1.165) is 12.3 Å². The Kier molecular flexibility index (Phi) is 5.03. The van der Waals surface area contributed by atoms with Gasteiger partial charge in [0.15, 0.2) is 0 Å². The molecular weight excluding hydrogens is 266 g/mol. The molecule has 1 aromatic carbocycles. The van der Waals surface area contributed by atoms with Crippen molar-refractivity contribution >= 4 is 10.8 Å². The number of nitrogens with one attached hydrogen (secondary N) is 1. The molecule has 1 saturated carbocycles. The van der Waals surface area contributed by atoms with E-state index in [9.17, 15) is 4.21 Å². The predicted molar refractivity (Wildman–Crippen MR) is 87.7 cm³/mol. The topological polar surface area (TPSA) is 29.1 Å².